The number of carbonyl (C=O) groups is 1. The van der Waals surface area contributed by atoms with Crippen molar-refractivity contribution in [3.63, 3.8) is 0 Å². The summed E-state index contributed by atoms with van der Waals surface area (Å²) < 4.78 is 0.863. The van der Waals surface area contributed by atoms with Crippen molar-refractivity contribution in [2.24, 2.45) is 0 Å². The molecule has 0 aliphatic carbocycles. The van der Waals surface area contributed by atoms with Gasteiger partial charge in [-0.3, -0.25) is 4.79 Å². The van der Waals surface area contributed by atoms with Gasteiger partial charge in [0.15, 0.2) is 0 Å². The van der Waals surface area contributed by atoms with Crippen LogP contribution in [0.5, 0.6) is 0 Å². The molecule has 0 saturated heterocycles. The third-order valence-electron chi connectivity index (χ3n) is 1.74. The number of aliphatic hydroxyl groups is 1. The van der Waals surface area contributed by atoms with Gasteiger partial charge in [-0.15, -0.1) is 0 Å². The van der Waals surface area contributed by atoms with E-state index in [1.54, 1.807) is 25.1 Å². The number of aliphatic hydroxyl groups excluding tert-OH is 1. The molecule has 4 heteroatoms. The van der Waals surface area contributed by atoms with E-state index in [0.717, 1.165) is 4.47 Å². The Balaban J connectivity index is 2.70. The number of hydrogen-bond donors (Lipinski definition) is 2. The van der Waals surface area contributed by atoms with E-state index in [1.165, 1.54) is 0 Å². The van der Waals surface area contributed by atoms with Gasteiger partial charge in [-0.1, -0.05) is 22.0 Å². The Morgan fingerprint density at radius 3 is 2.93 bits per heavy atom. The van der Waals surface area contributed by atoms with Crippen LogP contribution >= 0.6 is 15.9 Å². The molecule has 0 aromatic heterocycles. The van der Waals surface area contributed by atoms with E-state index in [2.05, 4.69) is 21.2 Å². The zero-order valence-electron chi connectivity index (χ0n) is 7.83. The molecule has 0 radical (unpaired) electrons. The molecule has 0 saturated carbocycles. The Hall–Kier alpha value is -0.870. The molecule has 2 N–H and O–H groups in total. The fraction of sp³-hybridized carbons (Fsp3) is 0.300. The molecule has 0 heterocycles. The van der Waals surface area contributed by atoms with Gasteiger partial charge in [0.1, 0.15) is 0 Å². The number of nitrogens with one attached hydrogen (secondary N) is 1. The Bertz CT molecular complexity index is 328. The monoisotopic (exact) mass is 257 g/mol. The van der Waals surface area contributed by atoms with E-state index < -0.39 is 0 Å². The lowest BCUT2D eigenvalue weighted by Crippen LogP contribution is -2.34. The zero-order chi connectivity index (χ0) is 10.6. The van der Waals surface area contributed by atoms with Crippen molar-refractivity contribution in [1.29, 1.82) is 0 Å². The van der Waals surface area contributed by atoms with Crippen molar-refractivity contribution in [3.05, 3.63) is 34.3 Å². The molecule has 0 aliphatic rings. The van der Waals surface area contributed by atoms with Gasteiger partial charge in [-0.25, -0.2) is 0 Å². The first-order valence-electron chi connectivity index (χ1n) is 4.30. The summed E-state index contributed by atoms with van der Waals surface area (Å²) in [6.07, 6.45) is 0. The third kappa shape index (κ3) is 3.12. The minimum Gasteiger partial charge on any atom is -0.394 e. The average molecular weight is 258 g/mol. The lowest BCUT2D eigenvalue weighted by Gasteiger charge is -2.10. The maximum atomic E-state index is 11.5. The van der Waals surface area contributed by atoms with E-state index >= 15 is 0 Å². The minimum absolute atomic E-state index is 0.0558. The van der Waals surface area contributed by atoms with E-state index in [9.17, 15) is 4.79 Å². The molecule has 1 aromatic rings. The van der Waals surface area contributed by atoms with Crippen LogP contribution in [0.25, 0.3) is 0 Å². The summed E-state index contributed by atoms with van der Waals surface area (Å²) in [7, 11) is 0. The molecule has 3 nitrogen and oxygen atoms in total. The van der Waals surface area contributed by atoms with E-state index in [1.807, 2.05) is 6.07 Å². The Morgan fingerprint density at radius 1 is 1.64 bits per heavy atom. The van der Waals surface area contributed by atoms with Crippen LogP contribution in [0.15, 0.2) is 28.7 Å². The van der Waals surface area contributed by atoms with E-state index in [4.69, 9.17) is 5.11 Å². The van der Waals surface area contributed by atoms with Crippen LogP contribution in [0, 0.1) is 0 Å². The van der Waals surface area contributed by atoms with Crippen LogP contribution in [-0.2, 0) is 0 Å². The second-order valence-electron chi connectivity index (χ2n) is 3.07. The first-order valence-corrected chi connectivity index (χ1v) is 5.10. The van der Waals surface area contributed by atoms with Crippen molar-refractivity contribution >= 4 is 21.8 Å². The molecule has 0 unspecified atom stereocenters. The summed E-state index contributed by atoms with van der Waals surface area (Å²) >= 11 is 3.28. The Labute approximate surface area is 91.3 Å². The summed E-state index contributed by atoms with van der Waals surface area (Å²) in [5.41, 5.74) is 0.583. The number of hydrogen-bond acceptors (Lipinski definition) is 2. The predicted octanol–water partition coefficient (Wildman–Crippen LogP) is 1.56. The molecule has 1 aromatic carbocycles. The van der Waals surface area contributed by atoms with Crippen LogP contribution in [-0.4, -0.2) is 23.7 Å². The molecule has 0 spiro atoms. The highest BCUT2D eigenvalue weighted by molar-refractivity contribution is 9.10. The number of amides is 1. The average Bonchev–Trinajstić information content (AvgIpc) is 2.17. The molecule has 0 bridgehead atoms. The van der Waals surface area contributed by atoms with Crippen LogP contribution < -0.4 is 5.32 Å². The minimum atomic E-state index is -0.221. The maximum Gasteiger partial charge on any atom is 0.251 e. The van der Waals surface area contributed by atoms with Gasteiger partial charge in [0.2, 0.25) is 0 Å². The smallest absolute Gasteiger partial charge is 0.251 e. The summed E-state index contributed by atoms with van der Waals surface area (Å²) in [4.78, 5) is 11.5. The van der Waals surface area contributed by atoms with E-state index in [0.29, 0.717) is 5.56 Å². The van der Waals surface area contributed by atoms with Gasteiger partial charge in [0.25, 0.3) is 5.91 Å². The van der Waals surface area contributed by atoms with Crippen molar-refractivity contribution in [3.8, 4) is 0 Å². The van der Waals surface area contributed by atoms with Crippen molar-refractivity contribution in [1.82, 2.24) is 5.32 Å². The van der Waals surface area contributed by atoms with E-state index in [-0.39, 0.29) is 18.6 Å². The van der Waals surface area contributed by atoms with Gasteiger partial charge >= 0.3 is 0 Å². The zero-order valence-corrected chi connectivity index (χ0v) is 9.41. The van der Waals surface area contributed by atoms with Crippen molar-refractivity contribution in [2.75, 3.05) is 6.61 Å². The third-order valence-corrected chi connectivity index (χ3v) is 2.23. The van der Waals surface area contributed by atoms with Crippen molar-refractivity contribution in [2.45, 2.75) is 13.0 Å². The molecule has 1 rings (SSSR count). The first-order chi connectivity index (χ1) is 6.63. The fourth-order valence-electron chi connectivity index (χ4n) is 0.982. The SMILES string of the molecule is C[C@H](CO)NC(=O)c1cccc(Br)c1. The molecule has 0 aliphatic heterocycles. The van der Waals surface area contributed by atoms with Crippen LogP contribution in [0.1, 0.15) is 17.3 Å². The maximum absolute atomic E-state index is 11.5. The molecule has 1 amide bonds. The molecule has 1 atom stereocenters. The highest BCUT2D eigenvalue weighted by Gasteiger charge is 2.08. The lowest BCUT2D eigenvalue weighted by molar-refractivity contribution is 0.0922. The van der Waals surface area contributed by atoms with Crippen LogP contribution in [0.4, 0.5) is 0 Å². The fourth-order valence-corrected chi connectivity index (χ4v) is 1.38. The summed E-state index contributed by atoms with van der Waals surface area (Å²) in [6, 6.07) is 6.89. The first kappa shape index (κ1) is 11.2. The second-order valence-corrected chi connectivity index (χ2v) is 3.98. The molecule has 0 fully saturated rings. The normalized spacial score (nSPS) is 12.2. The highest BCUT2D eigenvalue weighted by atomic mass is 79.9. The number of halogens is 1. The van der Waals surface area contributed by atoms with Crippen LogP contribution in [0.3, 0.4) is 0 Å². The quantitative estimate of drug-likeness (QED) is 0.864. The van der Waals surface area contributed by atoms with Gasteiger partial charge in [-0.2, -0.15) is 0 Å². The largest absolute Gasteiger partial charge is 0.394 e. The molecular weight excluding hydrogens is 246 g/mol. The van der Waals surface area contributed by atoms with Crippen molar-refractivity contribution < 1.29 is 9.90 Å². The summed E-state index contributed by atoms with van der Waals surface area (Å²) in [5.74, 6) is -0.173. The van der Waals surface area contributed by atoms with Gasteiger partial charge in [-0.05, 0) is 25.1 Å². The Morgan fingerprint density at radius 2 is 2.36 bits per heavy atom. The Kier molecular flexibility index (Phi) is 4.10. The van der Waals surface area contributed by atoms with Gasteiger partial charge < -0.3 is 10.4 Å². The number of carbonyl (C=O) groups excluding carboxylic acids is 1. The topological polar surface area (TPSA) is 49.3 Å². The summed E-state index contributed by atoms with van der Waals surface area (Å²) in [6.45, 7) is 1.69. The molecular formula is C10H12BrNO2. The highest BCUT2D eigenvalue weighted by Crippen LogP contribution is 2.11. The lowest BCUT2D eigenvalue weighted by atomic mass is 10.2. The number of rotatable bonds is 3. The number of benzene rings is 1. The molecule has 14 heavy (non-hydrogen) atoms. The van der Waals surface area contributed by atoms with Crippen LogP contribution in [0.2, 0.25) is 0 Å². The molecule has 76 valence electrons. The second kappa shape index (κ2) is 5.12. The standard InChI is InChI=1S/C10H12BrNO2/c1-7(6-13)12-10(14)8-3-2-4-9(11)5-8/h2-5,7,13H,6H2,1H3,(H,12,14)/t7-/m1/s1. The predicted molar refractivity (Wildman–Crippen MR) is 58.2 cm³/mol. The van der Waals surface area contributed by atoms with Gasteiger partial charge in [0, 0.05) is 16.1 Å². The van der Waals surface area contributed by atoms with Gasteiger partial charge in [0.05, 0.1) is 6.61 Å². The summed E-state index contributed by atoms with van der Waals surface area (Å²) in [5, 5.41) is 11.4.